The van der Waals surface area contributed by atoms with Crippen LogP contribution in [0, 0.1) is 0 Å². The summed E-state index contributed by atoms with van der Waals surface area (Å²) in [7, 11) is 1.64. The van der Waals surface area contributed by atoms with Crippen molar-refractivity contribution in [2.75, 3.05) is 51.4 Å². The summed E-state index contributed by atoms with van der Waals surface area (Å²) in [5, 5.41) is 12.3. The van der Waals surface area contributed by atoms with Gasteiger partial charge in [0.25, 0.3) is 0 Å². The molecule has 2 aliphatic heterocycles. The lowest BCUT2D eigenvalue weighted by Crippen LogP contribution is -2.51. The van der Waals surface area contributed by atoms with Gasteiger partial charge in [-0.25, -0.2) is 9.50 Å². The van der Waals surface area contributed by atoms with Gasteiger partial charge in [-0.2, -0.15) is 10.2 Å². The Morgan fingerprint density at radius 2 is 1.89 bits per heavy atom. The van der Waals surface area contributed by atoms with Crippen molar-refractivity contribution < 1.29 is 9.47 Å². The topological polar surface area (TPSA) is 96.7 Å². The minimum atomic E-state index is 0.237. The average molecular weight is 503 g/mol. The highest BCUT2D eigenvalue weighted by Crippen LogP contribution is 2.36. The van der Waals surface area contributed by atoms with Crippen LogP contribution in [-0.2, 0) is 4.74 Å². The molecule has 0 aromatic carbocycles. The molecule has 10 nitrogen and oxygen atoms in total. The van der Waals surface area contributed by atoms with Crippen molar-refractivity contribution in [1.82, 2.24) is 34.7 Å². The van der Waals surface area contributed by atoms with Crippen LogP contribution in [0.5, 0.6) is 5.75 Å². The molecular weight excluding hydrogens is 468 g/mol. The van der Waals surface area contributed by atoms with Gasteiger partial charge in [0.2, 0.25) is 0 Å². The molecule has 0 radical (unpaired) electrons. The molecule has 6 rings (SSSR count). The van der Waals surface area contributed by atoms with Gasteiger partial charge in [-0.1, -0.05) is 13.8 Å². The molecule has 0 unspecified atom stereocenters. The standard InChI is InChI=1S/C27H34N8O2/c1-18(2)24-25(19-14-23(36-3)27-29-17-30-35(27)16-19)31-32-26(24)22-5-4-21(15-28-22)34-10-8-33(9-11-34)20-6-12-37-13-7-20/h4-5,14-18,20H,6-13H2,1-3H3,(H,31,32). The third-order valence-electron chi connectivity index (χ3n) is 7.61. The molecule has 4 aromatic rings. The van der Waals surface area contributed by atoms with E-state index in [0.29, 0.717) is 17.4 Å². The largest absolute Gasteiger partial charge is 0.493 e. The van der Waals surface area contributed by atoms with E-state index in [0.717, 1.165) is 80.4 Å². The maximum Gasteiger partial charge on any atom is 0.197 e. The Morgan fingerprint density at radius 3 is 2.59 bits per heavy atom. The summed E-state index contributed by atoms with van der Waals surface area (Å²) in [5.41, 5.74) is 6.59. The van der Waals surface area contributed by atoms with Crippen molar-refractivity contribution in [2.45, 2.75) is 38.6 Å². The number of nitrogens with zero attached hydrogens (tertiary/aromatic N) is 7. The third kappa shape index (κ3) is 4.55. The fourth-order valence-electron chi connectivity index (χ4n) is 5.62. The lowest BCUT2D eigenvalue weighted by molar-refractivity contribution is 0.0321. The average Bonchev–Trinajstić information content (AvgIpc) is 3.61. The molecule has 0 spiro atoms. The summed E-state index contributed by atoms with van der Waals surface area (Å²) >= 11 is 0. The maximum atomic E-state index is 5.57. The van der Waals surface area contributed by atoms with E-state index in [1.807, 2.05) is 18.5 Å². The van der Waals surface area contributed by atoms with Crippen molar-refractivity contribution in [2.24, 2.45) is 0 Å². The van der Waals surface area contributed by atoms with Crippen molar-refractivity contribution in [3.05, 3.63) is 42.5 Å². The van der Waals surface area contributed by atoms with Crippen molar-refractivity contribution in [3.8, 4) is 28.4 Å². The minimum absolute atomic E-state index is 0.237. The summed E-state index contributed by atoms with van der Waals surface area (Å²) in [6.07, 6.45) is 7.77. The molecule has 0 saturated carbocycles. The summed E-state index contributed by atoms with van der Waals surface area (Å²) in [6.45, 7) is 10.4. The van der Waals surface area contributed by atoms with Gasteiger partial charge in [-0.3, -0.25) is 15.0 Å². The molecule has 0 atom stereocenters. The second-order valence-electron chi connectivity index (χ2n) is 10.1. The highest BCUT2D eigenvalue weighted by atomic mass is 16.5. The first-order valence-corrected chi connectivity index (χ1v) is 13.1. The lowest BCUT2D eigenvalue weighted by atomic mass is 9.96. The molecule has 0 bridgehead atoms. The first-order valence-electron chi connectivity index (χ1n) is 13.1. The first-order chi connectivity index (χ1) is 18.1. The van der Waals surface area contributed by atoms with E-state index in [1.165, 1.54) is 12.0 Å². The molecule has 2 saturated heterocycles. The molecule has 4 aromatic heterocycles. The van der Waals surface area contributed by atoms with Gasteiger partial charge in [0.15, 0.2) is 11.4 Å². The van der Waals surface area contributed by atoms with Crippen LogP contribution in [0.3, 0.4) is 0 Å². The Bertz CT molecular complexity index is 1350. The van der Waals surface area contributed by atoms with Crippen LogP contribution in [0.1, 0.15) is 38.2 Å². The summed E-state index contributed by atoms with van der Waals surface area (Å²) in [4.78, 5) is 14.2. The quantitative estimate of drug-likeness (QED) is 0.427. The van der Waals surface area contributed by atoms with Crippen LogP contribution in [0.25, 0.3) is 28.3 Å². The van der Waals surface area contributed by atoms with Gasteiger partial charge in [0.05, 0.1) is 30.4 Å². The minimum Gasteiger partial charge on any atom is -0.493 e. The molecule has 0 amide bonds. The van der Waals surface area contributed by atoms with Crippen LogP contribution in [0.4, 0.5) is 5.69 Å². The number of pyridine rings is 2. The maximum absolute atomic E-state index is 5.57. The Hall–Kier alpha value is -3.50. The Morgan fingerprint density at radius 1 is 1.08 bits per heavy atom. The predicted octanol–water partition coefficient (Wildman–Crippen LogP) is 3.61. The van der Waals surface area contributed by atoms with Gasteiger partial charge in [0, 0.05) is 62.8 Å². The zero-order valence-electron chi connectivity index (χ0n) is 21.7. The molecule has 2 aliphatic rings. The third-order valence-corrected chi connectivity index (χ3v) is 7.61. The summed E-state index contributed by atoms with van der Waals surface area (Å²) < 4.78 is 12.8. The van der Waals surface area contributed by atoms with Crippen LogP contribution >= 0.6 is 0 Å². The molecule has 2 fully saturated rings. The summed E-state index contributed by atoms with van der Waals surface area (Å²) in [5.74, 6) is 0.904. The molecule has 1 N–H and O–H groups in total. The Balaban J connectivity index is 1.23. The SMILES string of the molecule is COc1cc(-c2[nH]nc(-c3ccc(N4CCN(C5CCOCC5)CC4)cn3)c2C(C)C)cn2ncnc12. The number of piperazine rings is 1. The van der Waals surface area contributed by atoms with E-state index in [-0.39, 0.29) is 5.92 Å². The van der Waals surface area contributed by atoms with Crippen LogP contribution in [0.15, 0.2) is 36.9 Å². The normalized spacial score (nSPS) is 17.7. The molecule has 6 heterocycles. The lowest BCUT2D eigenvalue weighted by Gasteiger charge is -2.41. The van der Waals surface area contributed by atoms with E-state index in [1.54, 1.807) is 11.6 Å². The van der Waals surface area contributed by atoms with Crippen molar-refractivity contribution >= 4 is 11.3 Å². The Labute approximate surface area is 216 Å². The molecule has 37 heavy (non-hydrogen) atoms. The monoisotopic (exact) mass is 502 g/mol. The number of aromatic nitrogens is 6. The second kappa shape index (κ2) is 10.1. The number of rotatable bonds is 6. The number of aromatic amines is 1. The smallest absolute Gasteiger partial charge is 0.197 e. The number of ether oxygens (including phenoxy) is 2. The van der Waals surface area contributed by atoms with Gasteiger partial charge in [-0.05, 0) is 37.0 Å². The number of nitrogens with one attached hydrogen (secondary N) is 1. The zero-order valence-corrected chi connectivity index (χ0v) is 21.7. The molecule has 0 aliphatic carbocycles. The number of H-pyrrole nitrogens is 1. The number of hydrogen-bond acceptors (Lipinski definition) is 8. The molecule has 10 heteroatoms. The number of methoxy groups -OCH3 is 1. The van der Waals surface area contributed by atoms with Crippen LogP contribution in [0.2, 0.25) is 0 Å². The number of fused-ring (bicyclic) bond motifs is 1. The summed E-state index contributed by atoms with van der Waals surface area (Å²) in [6, 6.07) is 6.91. The van der Waals surface area contributed by atoms with E-state index >= 15 is 0 Å². The fraction of sp³-hybridized carbons (Fsp3) is 0.481. The van der Waals surface area contributed by atoms with E-state index in [9.17, 15) is 0 Å². The van der Waals surface area contributed by atoms with Crippen LogP contribution in [-0.4, -0.2) is 87.2 Å². The zero-order chi connectivity index (χ0) is 25.4. The fourth-order valence-corrected chi connectivity index (χ4v) is 5.62. The highest BCUT2D eigenvalue weighted by Gasteiger charge is 2.26. The van der Waals surface area contributed by atoms with Gasteiger partial charge >= 0.3 is 0 Å². The van der Waals surface area contributed by atoms with E-state index < -0.39 is 0 Å². The van der Waals surface area contributed by atoms with Gasteiger partial charge in [-0.15, -0.1) is 0 Å². The highest BCUT2D eigenvalue weighted by molar-refractivity contribution is 5.75. The molecular formula is C27H34N8O2. The van der Waals surface area contributed by atoms with Crippen molar-refractivity contribution in [1.29, 1.82) is 0 Å². The number of hydrogen-bond donors (Lipinski definition) is 1. The molecule has 194 valence electrons. The predicted molar refractivity (Wildman–Crippen MR) is 142 cm³/mol. The van der Waals surface area contributed by atoms with Crippen molar-refractivity contribution in [3.63, 3.8) is 0 Å². The number of anilines is 1. The first kappa shape index (κ1) is 23.9. The van der Waals surface area contributed by atoms with E-state index in [4.69, 9.17) is 19.6 Å². The Kier molecular flexibility index (Phi) is 6.52. The second-order valence-corrected chi connectivity index (χ2v) is 10.1. The van der Waals surface area contributed by atoms with E-state index in [2.05, 4.69) is 51.0 Å². The van der Waals surface area contributed by atoms with Gasteiger partial charge < -0.3 is 14.4 Å². The van der Waals surface area contributed by atoms with Crippen LogP contribution < -0.4 is 9.64 Å². The van der Waals surface area contributed by atoms with Gasteiger partial charge in [0.1, 0.15) is 12.0 Å².